The molecular formula is C29H27N3O3. The summed E-state index contributed by atoms with van der Waals surface area (Å²) in [7, 11) is 0. The molecule has 0 saturated heterocycles. The third-order valence-electron chi connectivity index (χ3n) is 7.85. The van der Waals surface area contributed by atoms with Crippen molar-refractivity contribution < 1.29 is 14.7 Å². The summed E-state index contributed by atoms with van der Waals surface area (Å²) in [5.41, 5.74) is 4.39. The van der Waals surface area contributed by atoms with Gasteiger partial charge in [0.25, 0.3) is 5.91 Å². The van der Waals surface area contributed by atoms with Crippen molar-refractivity contribution in [3.8, 4) is 11.1 Å². The molecule has 35 heavy (non-hydrogen) atoms. The number of nitrogens with zero attached hydrogens (tertiary/aromatic N) is 2. The van der Waals surface area contributed by atoms with Gasteiger partial charge in [-0.15, -0.1) is 0 Å². The highest BCUT2D eigenvalue weighted by atomic mass is 16.4. The van der Waals surface area contributed by atoms with E-state index in [2.05, 4.69) is 46.8 Å². The summed E-state index contributed by atoms with van der Waals surface area (Å²) in [4.78, 5) is 24.6. The topological polar surface area (TPSA) is 84.2 Å². The Morgan fingerprint density at radius 3 is 2.49 bits per heavy atom. The van der Waals surface area contributed by atoms with Gasteiger partial charge in [-0.3, -0.25) is 14.3 Å². The van der Waals surface area contributed by atoms with Gasteiger partial charge in [0.05, 0.1) is 30.2 Å². The standard InChI is InChI=1S/C29H27N3O3/c1-28(15-25(33)34)18-29(14-24(28)29)31-27(35)23-9-5-8-22-16-30-32(26(22)23)17-19-10-12-21(13-11-19)20-6-3-2-4-7-20/h2-13,16,24H,14-15,17-18H2,1H3,(H,31,35)(H,33,34)/t24-,28-,29?/m1/s1. The predicted octanol–water partition coefficient (Wildman–Crippen LogP) is 5.12. The first kappa shape index (κ1) is 21.6. The Hall–Kier alpha value is -3.93. The molecule has 1 aromatic heterocycles. The molecule has 3 aromatic carbocycles. The van der Waals surface area contributed by atoms with E-state index in [9.17, 15) is 14.7 Å². The van der Waals surface area contributed by atoms with E-state index in [0.717, 1.165) is 28.5 Å². The lowest BCUT2D eigenvalue weighted by molar-refractivity contribution is -0.141. The monoisotopic (exact) mass is 465 g/mol. The summed E-state index contributed by atoms with van der Waals surface area (Å²) in [6.45, 7) is 2.58. The highest BCUT2D eigenvalue weighted by molar-refractivity contribution is 6.06. The number of benzene rings is 3. The van der Waals surface area contributed by atoms with E-state index in [1.54, 1.807) is 6.20 Å². The maximum atomic E-state index is 13.4. The average molecular weight is 466 g/mol. The van der Waals surface area contributed by atoms with Gasteiger partial charge in [-0.25, -0.2) is 0 Å². The Morgan fingerprint density at radius 2 is 1.77 bits per heavy atom. The van der Waals surface area contributed by atoms with Crippen LogP contribution in [0.4, 0.5) is 0 Å². The molecule has 2 saturated carbocycles. The number of hydrogen-bond donors (Lipinski definition) is 2. The van der Waals surface area contributed by atoms with Crippen molar-refractivity contribution in [2.45, 2.75) is 38.3 Å². The zero-order chi connectivity index (χ0) is 24.2. The van der Waals surface area contributed by atoms with Crippen LogP contribution in [0, 0.1) is 11.3 Å². The van der Waals surface area contributed by atoms with Crippen molar-refractivity contribution in [2.24, 2.45) is 11.3 Å². The SMILES string of the molecule is C[C@@]1(CC(=O)O)CC2(NC(=O)c3cccc4cnn(Cc5ccc(-c6ccccc6)cc5)c34)C[C@@H]21. The van der Waals surface area contributed by atoms with Crippen LogP contribution in [0.3, 0.4) is 0 Å². The molecule has 176 valence electrons. The number of carbonyl (C=O) groups is 2. The van der Waals surface area contributed by atoms with Crippen molar-refractivity contribution in [1.29, 1.82) is 0 Å². The first-order valence-electron chi connectivity index (χ1n) is 12.0. The number of aromatic nitrogens is 2. The average Bonchev–Trinajstić information content (AvgIpc) is 3.28. The van der Waals surface area contributed by atoms with Gasteiger partial charge >= 0.3 is 5.97 Å². The molecule has 2 N–H and O–H groups in total. The number of nitrogens with one attached hydrogen (secondary N) is 1. The molecule has 6 heteroatoms. The normalized spacial score (nSPS) is 24.4. The molecule has 0 aliphatic heterocycles. The minimum absolute atomic E-state index is 0.114. The summed E-state index contributed by atoms with van der Waals surface area (Å²) < 4.78 is 1.89. The number of carboxylic acid groups (broad SMARTS) is 1. The molecule has 6 rings (SSSR count). The quantitative estimate of drug-likeness (QED) is 0.397. The van der Waals surface area contributed by atoms with Crippen LogP contribution in [0.5, 0.6) is 0 Å². The Balaban J connectivity index is 1.22. The Labute approximate surface area is 203 Å². The molecule has 2 fully saturated rings. The van der Waals surface area contributed by atoms with Crippen molar-refractivity contribution >= 4 is 22.8 Å². The fourth-order valence-electron chi connectivity index (χ4n) is 6.19. The minimum Gasteiger partial charge on any atom is -0.481 e. The second-order valence-electron chi connectivity index (χ2n) is 10.4. The molecule has 0 radical (unpaired) electrons. The molecule has 2 aliphatic rings. The number of hydrogen-bond acceptors (Lipinski definition) is 3. The number of rotatable bonds is 7. The first-order chi connectivity index (χ1) is 16.9. The second kappa shape index (κ2) is 7.80. The zero-order valence-corrected chi connectivity index (χ0v) is 19.6. The van der Waals surface area contributed by atoms with Gasteiger partial charge in [0.15, 0.2) is 0 Å². The number of carboxylic acids is 1. The van der Waals surface area contributed by atoms with Gasteiger partial charge in [0.2, 0.25) is 0 Å². The number of fused-ring (bicyclic) bond motifs is 2. The fourth-order valence-corrected chi connectivity index (χ4v) is 6.19. The van der Waals surface area contributed by atoms with Crippen LogP contribution in [0.25, 0.3) is 22.0 Å². The van der Waals surface area contributed by atoms with Crippen molar-refractivity contribution in [3.05, 3.63) is 90.1 Å². The number of amides is 1. The lowest BCUT2D eigenvalue weighted by Crippen LogP contribution is -2.52. The van der Waals surface area contributed by atoms with E-state index in [4.69, 9.17) is 0 Å². The number of aliphatic carboxylic acids is 1. The summed E-state index contributed by atoms with van der Waals surface area (Å²) >= 11 is 0. The Kier molecular flexibility index (Phi) is 4.81. The van der Waals surface area contributed by atoms with Crippen molar-refractivity contribution in [1.82, 2.24) is 15.1 Å². The molecule has 1 unspecified atom stereocenters. The summed E-state index contributed by atoms with van der Waals surface area (Å²) in [6.07, 6.45) is 3.52. The van der Waals surface area contributed by atoms with E-state index >= 15 is 0 Å². The van der Waals surface area contributed by atoms with E-state index in [-0.39, 0.29) is 29.2 Å². The van der Waals surface area contributed by atoms with Gasteiger partial charge in [0.1, 0.15) is 0 Å². The third-order valence-corrected chi connectivity index (χ3v) is 7.85. The van der Waals surface area contributed by atoms with E-state index < -0.39 is 5.97 Å². The highest BCUT2D eigenvalue weighted by Gasteiger charge is 2.73. The molecule has 1 heterocycles. The molecule has 6 nitrogen and oxygen atoms in total. The molecular weight excluding hydrogens is 438 g/mol. The number of para-hydroxylation sites is 1. The van der Waals surface area contributed by atoms with Crippen LogP contribution in [-0.4, -0.2) is 32.3 Å². The zero-order valence-electron chi connectivity index (χ0n) is 19.6. The van der Waals surface area contributed by atoms with Crippen LogP contribution in [-0.2, 0) is 11.3 Å². The molecule has 0 spiro atoms. The van der Waals surface area contributed by atoms with Crippen LogP contribution in [0.1, 0.15) is 42.1 Å². The Morgan fingerprint density at radius 1 is 1.03 bits per heavy atom. The van der Waals surface area contributed by atoms with Gasteiger partial charge in [-0.1, -0.05) is 73.7 Å². The van der Waals surface area contributed by atoms with Crippen LogP contribution in [0.15, 0.2) is 79.0 Å². The minimum atomic E-state index is -0.773. The second-order valence-corrected chi connectivity index (χ2v) is 10.4. The van der Waals surface area contributed by atoms with Crippen molar-refractivity contribution in [2.75, 3.05) is 0 Å². The summed E-state index contributed by atoms with van der Waals surface area (Å²) in [6, 6.07) is 24.4. The molecule has 4 aromatic rings. The predicted molar refractivity (Wildman–Crippen MR) is 134 cm³/mol. The largest absolute Gasteiger partial charge is 0.481 e. The molecule has 1 amide bonds. The maximum Gasteiger partial charge on any atom is 0.303 e. The molecule has 0 bridgehead atoms. The van der Waals surface area contributed by atoms with E-state index in [1.165, 1.54) is 5.56 Å². The summed E-state index contributed by atoms with van der Waals surface area (Å²) in [5.74, 6) is -0.649. The van der Waals surface area contributed by atoms with Crippen LogP contribution in [0.2, 0.25) is 0 Å². The lowest BCUT2D eigenvalue weighted by Gasteiger charge is -2.44. The summed E-state index contributed by atoms with van der Waals surface area (Å²) in [5, 5.41) is 18.0. The lowest BCUT2D eigenvalue weighted by atomic mass is 9.65. The highest BCUT2D eigenvalue weighted by Crippen LogP contribution is 2.71. The smallest absolute Gasteiger partial charge is 0.303 e. The van der Waals surface area contributed by atoms with Crippen LogP contribution < -0.4 is 5.32 Å². The van der Waals surface area contributed by atoms with E-state index in [0.29, 0.717) is 18.5 Å². The van der Waals surface area contributed by atoms with Gasteiger partial charge in [-0.05, 0) is 46.9 Å². The molecule has 3 atom stereocenters. The number of carbonyl (C=O) groups excluding carboxylic acids is 1. The van der Waals surface area contributed by atoms with E-state index in [1.807, 2.05) is 48.0 Å². The van der Waals surface area contributed by atoms with Gasteiger partial charge < -0.3 is 10.4 Å². The third kappa shape index (κ3) is 3.70. The van der Waals surface area contributed by atoms with Crippen LogP contribution >= 0.6 is 0 Å². The van der Waals surface area contributed by atoms with Gasteiger partial charge in [-0.2, -0.15) is 5.10 Å². The Bertz CT molecular complexity index is 1440. The maximum absolute atomic E-state index is 13.4. The van der Waals surface area contributed by atoms with Gasteiger partial charge in [0, 0.05) is 10.9 Å². The first-order valence-corrected chi connectivity index (χ1v) is 12.0. The molecule has 2 aliphatic carbocycles. The van der Waals surface area contributed by atoms with Crippen molar-refractivity contribution in [3.63, 3.8) is 0 Å². The fraction of sp³-hybridized carbons (Fsp3) is 0.276.